The summed E-state index contributed by atoms with van der Waals surface area (Å²) in [5.41, 5.74) is 0.548. The van der Waals surface area contributed by atoms with Crippen molar-refractivity contribution < 1.29 is 0 Å². The molecule has 0 N–H and O–H groups in total. The number of hydrogen-bond donors (Lipinski definition) is 0. The molecule has 2 rings (SSSR count). The molecule has 0 radical (unpaired) electrons. The van der Waals surface area contributed by atoms with Crippen molar-refractivity contribution in [2.45, 2.75) is 0 Å². The van der Waals surface area contributed by atoms with Crippen LogP contribution in [0.5, 0.6) is 0 Å². The average Bonchev–Trinajstić information content (AvgIpc) is 2.25. The first-order valence-corrected chi connectivity index (χ1v) is 4.90. The van der Waals surface area contributed by atoms with E-state index < -0.39 is 0 Å². The molecule has 1 aromatic carbocycles. The number of fused-ring (bicyclic) bond motifs is 1. The molecule has 0 spiro atoms. The predicted octanol–water partition coefficient (Wildman–Crippen LogP) is 2.20. The number of rotatable bonds is 0. The minimum absolute atomic E-state index is 0.198. The second kappa shape index (κ2) is 3.41. The zero-order chi connectivity index (χ0) is 9.26. The van der Waals surface area contributed by atoms with Crippen LogP contribution in [0, 0.1) is 3.57 Å². The average molecular weight is 283 g/mol. The summed E-state index contributed by atoms with van der Waals surface area (Å²) in [4.78, 5) is 15.0. The van der Waals surface area contributed by atoms with E-state index in [0.717, 1.165) is 14.5 Å². The molecule has 13 heavy (non-hydrogen) atoms. The molecular formula is C10H6INO. The third kappa shape index (κ3) is 1.85. The minimum atomic E-state index is -0.198. The molecular weight excluding hydrogens is 277 g/mol. The van der Waals surface area contributed by atoms with E-state index in [2.05, 4.69) is 27.6 Å². The Morgan fingerprint density at radius 2 is 2.00 bits per heavy atom. The van der Waals surface area contributed by atoms with Gasteiger partial charge in [-0.1, -0.05) is 12.1 Å². The van der Waals surface area contributed by atoms with E-state index >= 15 is 0 Å². The highest BCUT2D eigenvalue weighted by Crippen LogP contribution is 2.12. The molecule has 0 aliphatic rings. The Bertz CT molecular complexity index is 510. The summed E-state index contributed by atoms with van der Waals surface area (Å²) in [5, 5.41) is 0.994. The fourth-order valence-corrected chi connectivity index (χ4v) is 1.67. The first kappa shape index (κ1) is 8.62. The molecule has 0 saturated carbocycles. The summed E-state index contributed by atoms with van der Waals surface area (Å²) in [6, 6.07) is 10.9. The van der Waals surface area contributed by atoms with Crippen LogP contribution in [0.1, 0.15) is 0 Å². The van der Waals surface area contributed by atoms with Gasteiger partial charge in [-0.2, -0.15) is 0 Å². The molecule has 3 heteroatoms. The quantitative estimate of drug-likeness (QED) is 0.694. The van der Waals surface area contributed by atoms with Gasteiger partial charge in [0.2, 0.25) is 0 Å². The van der Waals surface area contributed by atoms with Crippen molar-refractivity contribution in [3.05, 3.63) is 50.3 Å². The van der Waals surface area contributed by atoms with Gasteiger partial charge in [-0.25, -0.2) is 4.98 Å². The zero-order valence-corrected chi connectivity index (χ0v) is 8.86. The highest BCUT2D eigenvalue weighted by molar-refractivity contribution is 14.1. The lowest BCUT2D eigenvalue weighted by atomic mass is 10.2. The molecule has 0 unspecified atom stereocenters. The van der Waals surface area contributed by atoms with Crippen molar-refractivity contribution in [3.63, 3.8) is 0 Å². The van der Waals surface area contributed by atoms with Gasteiger partial charge in [-0.05, 0) is 40.8 Å². The first-order valence-electron chi connectivity index (χ1n) is 3.82. The van der Waals surface area contributed by atoms with Gasteiger partial charge in [0, 0.05) is 15.0 Å². The number of hydrogen-bond acceptors (Lipinski definition) is 2. The summed E-state index contributed by atoms with van der Waals surface area (Å²) in [5.74, 6) is 0. The van der Waals surface area contributed by atoms with E-state index in [9.17, 15) is 4.79 Å². The fourth-order valence-electron chi connectivity index (χ4n) is 1.15. The number of nitrogens with zero attached hydrogens (tertiary/aromatic N) is 1. The van der Waals surface area contributed by atoms with E-state index in [1.165, 1.54) is 6.07 Å². The Balaban J connectivity index is 2.93. The van der Waals surface area contributed by atoms with Crippen LogP contribution in [0.2, 0.25) is 0 Å². The molecule has 0 fully saturated rings. The van der Waals surface area contributed by atoms with E-state index in [-0.39, 0.29) is 5.56 Å². The number of aromatic nitrogens is 1. The van der Waals surface area contributed by atoms with Crippen molar-refractivity contribution in [3.8, 4) is 0 Å². The fraction of sp³-hybridized carbons (Fsp3) is 0. The Morgan fingerprint density at radius 3 is 2.85 bits per heavy atom. The molecule has 1 aromatic heterocycles. The van der Waals surface area contributed by atoms with Crippen molar-refractivity contribution in [1.82, 2.24) is 4.98 Å². The van der Waals surface area contributed by atoms with Gasteiger partial charge >= 0.3 is 0 Å². The SMILES string of the molecule is O=c1cccc2cc(I)ccc2n1. The Labute approximate surface area is 88.8 Å². The van der Waals surface area contributed by atoms with Gasteiger partial charge in [0.25, 0.3) is 5.56 Å². The Hall–Kier alpha value is -0.970. The second-order valence-electron chi connectivity index (χ2n) is 2.68. The standard InChI is InChI=1S/C10H6INO/c11-8-4-5-9-7(6-8)2-1-3-10(13)12-9/h1-6H. The molecule has 0 amide bonds. The van der Waals surface area contributed by atoms with Crippen LogP contribution in [-0.2, 0) is 0 Å². The molecule has 2 nitrogen and oxygen atoms in total. The van der Waals surface area contributed by atoms with E-state index in [1.54, 1.807) is 6.07 Å². The monoisotopic (exact) mass is 283 g/mol. The molecule has 0 aliphatic carbocycles. The maximum atomic E-state index is 11.1. The van der Waals surface area contributed by atoms with Crippen LogP contribution in [-0.4, -0.2) is 4.98 Å². The lowest BCUT2D eigenvalue weighted by molar-refractivity contribution is 1.33. The van der Waals surface area contributed by atoms with Gasteiger partial charge in [0.15, 0.2) is 0 Å². The molecule has 0 saturated heterocycles. The van der Waals surface area contributed by atoms with E-state index in [0.29, 0.717) is 0 Å². The van der Waals surface area contributed by atoms with E-state index in [1.807, 2.05) is 24.3 Å². The van der Waals surface area contributed by atoms with Crippen LogP contribution in [0.25, 0.3) is 10.9 Å². The second-order valence-corrected chi connectivity index (χ2v) is 3.92. The molecule has 1 heterocycles. The lowest BCUT2D eigenvalue weighted by Crippen LogP contribution is -1.97. The summed E-state index contributed by atoms with van der Waals surface area (Å²) >= 11 is 2.23. The van der Waals surface area contributed by atoms with Crippen LogP contribution in [0.4, 0.5) is 0 Å². The van der Waals surface area contributed by atoms with Crippen LogP contribution < -0.4 is 5.56 Å². The third-order valence-corrected chi connectivity index (χ3v) is 2.41. The summed E-state index contributed by atoms with van der Waals surface area (Å²) in [6.07, 6.45) is 0. The third-order valence-electron chi connectivity index (χ3n) is 1.73. The minimum Gasteiger partial charge on any atom is -0.267 e. The zero-order valence-electron chi connectivity index (χ0n) is 6.70. The maximum absolute atomic E-state index is 11.1. The number of benzene rings is 1. The maximum Gasteiger partial charge on any atom is 0.270 e. The highest BCUT2D eigenvalue weighted by atomic mass is 127. The number of halogens is 1. The lowest BCUT2D eigenvalue weighted by Gasteiger charge is -1.91. The molecule has 64 valence electrons. The van der Waals surface area contributed by atoms with Gasteiger partial charge < -0.3 is 0 Å². The largest absolute Gasteiger partial charge is 0.270 e. The first-order chi connectivity index (χ1) is 6.25. The van der Waals surface area contributed by atoms with Crippen molar-refractivity contribution in [1.29, 1.82) is 0 Å². The van der Waals surface area contributed by atoms with Crippen molar-refractivity contribution in [2.24, 2.45) is 0 Å². The summed E-state index contributed by atoms with van der Waals surface area (Å²) in [6.45, 7) is 0. The normalized spacial score (nSPS) is 10.2. The molecule has 0 aliphatic heterocycles. The van der Waals surface area contributed by atoms with Crippen LogP contribution in [0.15, 0.2) is 41.2 Å². The Kier molecular flexibility index (Phi) is 2.26. The molecule has 0 atom stereocenters. The van der Waals surface area contributed by atoms with Crippen LogP contribution >= 0.6 is 22.6 Å². The van der Waals surface area contributed by atoms with Gasteiger partial charge in [0.1, 0.15) is 0 Å². The van der Waals surface area contributed by atoms with Crippen LogP contribution in [0.3, 0.4) is 0 Å². The summed E-state index contributed by atoms with van der Waals surface area (Å²) < 4.78 is 1.14. The molecule has 2 aromatic rings. The van der Waals surface area contributed by atoms with Crippen molar-refractivity contribution in [2.75, 3.05) is 0 Å². The predicted molar refractivity (Wildman–Crippen MR) is 60.7 cm³/mol. The topological polar surface area (TPSA) is 30.0 Å². The van der Waals surface area contributed by atoms with Gasteiger partial charge in [-0.15, -0.1) is 0 Å². The Morgan fingerprint density at radius 1 is 1.15 bits per heavy atom. The summed E-state index contributed by atoms with van der Waals surface area (Å²) in [7, 11) is 0. The smallest absolute Gasteiger partial charge is 0.267 e. The van der Waals surface area contributed by atoms with Gasteiger partial charge in [-0.3, -0.25) is 4.79 Å². The van der Waals surface area contributed by atoms with E-state index in [4.69, 9.17) is 0 Å². The molecule has 0 bridgehead atoms. The van der Waals surface area contributed by atoms with Crippen molar-refractivity contribution >= 4 is 33.5 Å². The highest BCUT2D eigenvalue weighted by Gasteiger charge is 1.93. The van der Waals surface area contributed by atoms with Gasteiger partial charge in [0.05, 0.1) is 5.52 Å².